The van der Waals surface area contributed by atoms with Gasteiger partial charge in [0.15, 0.2) is 0 Å². The van der Waals surface area contributed by atoms with Crippen LogP contribution in [0.3, 0.4) is 0 Å². The Morgan fingerprint density at radius 2 is 1.73 bits per heavy atom. The predicted octanol–water partition coefficient (Wildman–Crippen LogP) is 3.10. The number of nitrogens with one attached hydrogen (secondary N) is 2. The lowest BCUT2D eigenvalue weighted by molar-refractivity contribution is 0.494. The molecule has 0 aromatic heterocycles. The third-order valence-corrected chi connectivity index (χ3v) is 4.58. The van der Waals surface area contributed by atoms with Gasteiger partial charge >= 0.3 is 0 Å². The summed E-state index contributed by atoms with van der Waals surface area (Å²) < 4.78 is 24.6. The molecule has 0 saturated carbocycles. The van der Waals surface area contributed by atoms with E-state index in [1.54, 1.807) is 30.3 Å². The van der Waals surface area contributed by atoms with Crippen LogP contribution in [0.25, 0.3) is 0 Å². The molecule has 116 valence electrons. The van der Waals surface area contributed by atoms with Crippen molar-refractivity contribution in [2.24, 2.45) is 0 Å². The first-order valence-corrected chi connectivity index (χ1v) is 8.51. The first-order chi connectivity index (χ1) is 10.5. The first kappa shape index (κ1) is 16.4. The molecule has 0 radical (unpaired) electrons. The number of sulfonamides is 1. The SMILES string of the molecule is C=CC[C@@H](NNS(=O)(=O)c1ccc(C)cc1)c1ccccc1. The van der Waals surface area contributed by atoms with E-state index in [9.17, 15) is 8.42 Å². The van der Waals surface area contributed by atoms with Crippen molar-refractivity contribution in [3.8, 4) is 0 Å². The van der Waals surface area contributed by atoms with Crippen molar-refractivity contribution in [2.45, 2.75) is 24.3 Å². The van der Waals surface area contributed by atoms with Gasteiger partial charge in [-0.15, -0.1) is 11.4 Å². The fourth-order valence-electron chi connectivity index (χ4n) is 2.06. The summed E-state index contributed by atoms with van der Waals surface area (Å²) >= 11 is 0. The van der Waals surface area contributed by atoms with Crippen molar-refractivity contribution in [1.29, 1.82) is 0 Å². The van der Waals surface area contributed by atoms with Crippen molar-refractivity contribution in [3.05, 3.63) is 78.4 Å². The normalized spacial score (nSPS) is 12.8. The minimum atomic E-state index is -3.59. The lowest BCUT2D eigenvalue weighted by Crippen LogP contribution is -2.39. The summed E-state index contributed by atoms with van der Waals surface area (Å²) in [6.45, 7) is 5.64. The van der Waals surface area contributed by atoms with E-state index in [4.69, 9.17) is 0 Å². The minimum absolute atomic E-state index is 0.168. The van der Waals surface area contributed by atoms with Gasteiger partial charge in [-0.25, -0.2) is 13.8 Å². The zero-order valence-corrected chi connectivity index (χ0v) is 13.3. The zero-order chi connectivity index (χ0) is 16.0. The number of benzene rings is 2. The predicted molar refractivity (Wildman–Crippen MR) is 88.6 cm³/mol. The molecule has 1 atom stereocenters. The quantitative estimate of drug-likeness (QED) is 0.609. The largest absolute Gasteiger partial charge is 0.253 e. The van der Waals surface area contributed by atoms with Gasteiger partial charge in [-0.2, -0.15) is 0 Å². The molecule has 2 aromatic rings. The second-order valence-corrected chi connectivity index (χ2v) is 6.73. The van der Waals surface area contributed by atoms with Gasteiger partial charge < -0.3 is 0 Å². The highest BCUT2D eigenvalue weighted by molar-refractivity contribution is 7.89. The Morgan fingerprint density at radius 3 is 2.32 bits per heavy atom. The first-order valence-electron chi connectivity index (χ1n) is 7.03. The highest BCUT2D eigenvalue weighted by atomic mass is 32.2. The van der Waals surface area contributed by atoms with E-state index >= 15 is 0 Å². The minimum Gasteiger partial charge on any atom is -0.236 e. The van der Waals surface area contributed by atoms with Crippen LogP contribution in [-0.4, -0.2) is 8.42 Å². The Morgan fingerprint density at radius 1 is 1.09 bits per heavy atom. The third kappa shape index (κ3) is 4.27. The van der Waals surface area contributed by atoms with Crippen LogP contribution in [0, 0.1) is 6.92 Å². The summed E-state index contributed by atoms with van der Waals surface area (Å²) in [4.78, 5) is 2.69. The molecule has 5 heteroatoms. The zero-order valence-electron chi connectivity index (χ0n) is 12.5. The smallest absolute Gasteiger partial charge is 0.236 e. The van der Waals surface area contributed by atoms with Gasteiger partial charge in [-0.3, -0.25) is 0 Å². The van der Waals surface area contributed by atoms with Crippen LogP contribution in [0.2, 0.25) is 0 Å². The van der Waals surface area contributed by atoms with Gasteiger partial charge in [0.05, 0.1) is 10.9 Å². The summed E-state index contributed by atoms with van der Waals surface area (Å²) in [6.07, 6.45) is 2.37. The second kappa shape index (κ2) is 7.35. The third-order valence-electron chi connectivity index (χ3n) is 3.30. The Balaban J connectivity index is 2.11. The maximum Gasteiger partial charge on any atom is 0.253 e. The summed E-state index contributed by atoms with van der Waals surface area (Å²) in [5, 5.41) is 0. The number of aryl methyl sites for hydroxylation is 1. The van der Waals surface area contributed by atoms with Crippen molar-refractivity contribution in [3.63, 3.8) is 0 Å². The molecule has 0 unspecified atom stereocenters. The van der Waals surface area contributed by atoms with E-state index < -0.39 is 10.0 Å². The molecule has 4 nitrogen and oxygen atoms in total. The Labute approximate surface area is 131 Å². The van der Waals surface area contributed by atoms with Crippen LogP contribution in [0.5, 0.6) is 0 Å². The Bertz CT molecular complexity index is 710. The number of hydrazine groups is 1. The van der Waals surface area contributed by atoms with Gasteiger partial charge in [-0.05, 0) is 31.0 Å². The summed E-state index contributed by atoms with van der Waals surface area (Å²) in [5.74, 6) is 0. The molecule has 0 aliphatic heterocycles. The summed E-state index contributed by atoms with van der Waals surface area (Å²) in [5.41, 5.74) is 4.89. The van der Waals surface area contributed by atoms with Gasteiger partial charge in [0.2, 0.25) is 0 Å². The van der Waals surface area contributed by atoms with Crippen LogP contribution < -0.4 is 10.3 Å². The Kier molecular flexibility index (Phi) is 5.49. The maximum atomic E-state index is 12.3. The molecule has 0 heterocycles. The molecular weight excluding hydrogens is 296 g/mol. The number of hydrogen-bond acceptors (Lipinski definition) is 3. The van der Waals surface area contributed by atoms with Crippen LogP contribution in [0.4, 0.5) is 0 Å². The van der Waals surface area contributed by atoms with Crippen molar-refractivity contribution >= 4 is 10.0 Å². The molecule has 2 N–H and O–H groups in total. The molecule has 2 aromatic carbocycles. The van der Waals surface area contributed by atoms with Crippen molar-refractivity contribution in [2.75, 3.05) is 0 Å². The average molecular weight is 316 g/mol. The molecule has 22 heavy (non-hydrogen) atoms. The molecule has 0 amide bonds. The molecule has 0 bridgehead atoms. The fraction of sp³-hybridized carbons (Fsp3) is 0.176. The highest BCUT2D eigenvalue weighted by Gasteiger charge is 2.16. The lowest BCUT2D eigenvalue weighted by Gasteiger charge is -2.18. The topological polar surface area (TPSA) is 58.2 Å². The average Bonchev–Trinajstić information content (AvgIpc) is 2.53. The standard InChI is InChI=1S/C17H20N2O2S/c1-3-7-17(15-8-5-4-6-9-15)18-19-22(20,21)16-12-10-14(2)11-13-16/h3-6,8-13,17-19H,1,7H2,2H3/t17-/m1/s1. The van der Waals surface area contributed by atoms with E-state index in [1.165, 1.54) is 0 Å². The maximum absolute atomic E-state index is 12.3. The fourth-order valence-corrected chi connectivity index (χ4v) is 2.97. The summed E-state index contributed by atoms with van der Waals surface area (Å²) in [7, 11) is -3.59. The highest BCUT2D eigenvalue weighted by Crippen LogP contribution is 2.17. The molecule has 0 spiro atoms. The van der Waals surface area contributed by atoms with Crippen LogP contribution >= 0.6 is 0 Å². The van der Waals surface area contributed by atoms with E-state index in [0.29, 0.717) is 6.42 Å². The van der Waals surface area contributed by atoms with Gasteiger partial charge in [0.1, 0.15) is 0 Å². The van der Waals surface area contributed by atoms with E-state index in [0.717, 1.165) is 11.1 Å². The molecular formula is C17H20N2O2S. The van der Waals surface area contributed by atoms with Crippen LogP contribution in [-0.2, 0) is 10.0 Å². The molecule has 0 aliphatic carbocycles. The number of rotatable bonds is 7. The Hall–Kier alpha value is -1.95. The van der Waals surface area contributed by atoms with E-state index in [-0.39, 0.29) is 10.9 Å². The molecule has 0 aliphatic rings. The van der Waals surface area contributed by atoms with Gasteiger partial charge in [-0.1, -0.05) is 54.1 Å². The van der Waals surface area contributed by atoms with Crippen molar-refractivity contribution < 1.29 is 8.42 Å². The second-order valence-electron chi connectivity index (χ2n) is 5.05. The number of hydrogen-bond donors (Lipinski definition) is 2. The van der Waals surface area contributed by atoms with E-state index in [2.05, 4.69) is 16.8 Å². The van der Waals surface area contributed by atoms with E-state index in [1.807, 2.05) is 37.3 Å². The van der Waals surface area contributed by atoms with Gasteiger partial charge in [0.25, 0.3) is 10.0 Å². The molecule has 0 fully saturated rings. The van der Waals surface area contributed by atoms with Crippen molar-refractivity contribution in [1.82, 2.24) is 10.3 Å². The van der Waals surface area contributed by atoms with Crippen LogP contribution in [0.15, 0.2) is 72.1 Å². The molecule has 2 rings (SSSR count). The summed E-state index contributed by atoms with van der Waals surface area (Å²) in [6, 6.07) is 16.2. The van der Waals surface area contributed by atoms with Crippen LogP contribution in [0.1, 0.15) is 23.6 Å². The molecule has 0 saturated heterocycles. The monoisotopic (exact) mass is 316 g/mol. The van der Waals surface area contributed by atoms with Gasteiger partial charge in [0, 0.05) is 0 Å². The lowest BCUT2D eigenvalue weighted by atomic mass is 10.1.